The molecule has 9 N–H and O–H groups in total. The van der Waals surface area contributed by atoms with E-state index in [1.54, 1.807) is 72.7 Å². The van der Waals surface area contributed by atoms with E-state index in [0.717, 1.165) is 7.11 Å². The SMILES string of the molecule is CCO.COC(=O)C(C)(C)NC(=O)C(C)(C)NC(=O)C1(NC(=O)C(C)(C)NC(=O)C(C)(C)NC(=O)C2(NC(=O)C(C)(C)NC(=O)C(C)(C)NC(=O)OCc3ccccc3)CCN(C(=O)OC(C)(C)C)CC2)CCN(C(=O)OC(C)(C)C)CC1. The monoisotopic (exact) mass is 1170 g/mol. The lowest BCUT2D eigenvalue weighted by atomic mass is 9.83. The van der Waals surface area contributed by atoms with Gasteiger partial charge in [-0.1, -0.05) is 30.3 Å². The first kappa shape index (κ1) is 71.9. The molecule has 2 aliphatic heterocycles. The largest absolute Gasteiger partial charge is 0.467 e. The van der Waals surface area contributed by atoms with Gasteiger partial charge in [0.1, 0.15) is 62.1 Å². The van der Waals surface area contributed by atoms with Gasteiger partial charge in [0, 0.05) is 32.8 Å². The molecule has 1 aromatic carbocycles. The number of alkyl carbamates (subject to hydrolysis) is 1. The average molecular weight is 1180 g/mol. The van der Waals surface area contributed by atoms with Crippen molar-refractivity contribution < 1.29 is 76.8 Å². The van der Waals surface area contributed by atoms with Crippen LogP contribution in [0.4, 0.5) is 14.4 Å². The summed E-state index contributed by atoms with van der Waals surface area (Å²) in [5.74, 6) is -6.53. The second kappa shape index (κ2) is 27.4. The maximum atomic E-state index is 14.8. The molecule has 26 nitrogen and oxygen atoms in total. The summed E-state index contributed by atoms with van der Waals surface area (Å²) < 4.78 is 21.2. The van der Waals surface area contributed by atoms with Crippen LogP contribution in [0.5, 0.6) is 0 Å². The minimum absolute atomic E-state index is 0.0660. The smallest absolute Gasteiger partial charge is 0.410 e. The van der Waals surface area contributed by atoms with Gasteiger partial charge in [-0.25, -0.2) is 19.2 Å². The number of methoxy groups -OCH3 is 1. The normalized spacial score (nSPS) is 15.7. The molecule has 468 valence electrons. The predicted molar refractivity (Wildman–Crippen MR) is 306 cm³/mol. The van der Waals surface area contributed by atoms with Crippen LogP contribution in [-0.4, -0.2) is 176 Å². The Balaban J connectivity index is 0.00000766. The van der Waals surface area contributed by atoms with Gasteiger partial charge in [0.2, 0.25) is 41.4 Å². The first-order chi connectivity index (χ1) is 37.7. The maximum Gasteiger partial charge on any atom is 0.410 e. The van der Waals surface area contributed by atoms with Crippen molar-refractivity contribution in [1.29, 1.82) is 0 Å². The molecule has 10 amide bonds. The number of nitrogens with zero attached hydrogens (tertiary/aromatic N) is 2. The van der Waals surface area contributed by atoms with Crippen LogP contribution >= 0.6 is 0 Å². The number of aliphatic hydroxyl groups is 1. The third kappa shape index (κ3) is 20.8. The number of piperidine rings is 2. The second-order valence-electron chi connectivity index (χ2n) is 26.0. The highest BCUT2D eigenvalue weighted by Gasteiger charge is 2.52. The van der Waals surface area contributed by atoms with Gasteiger partial charge in [0.05, 0.1) is 7.11 Å². The fraction of sp³-hybridized carbons (Fsp3) is 0.702. The molecule has 26 heteroatoms. The Labute approximate surface area is 488 Å². The van der Waals surface area contributed by atoms with E-state index in [-0.39, 0.29) is 65.1 Å². The zero-order valence-electron chi connectivity index (χ0n) is 52.4. The van der Waals surface area contributed by atoms with E-state index in [0.29, 0.717) is 5.56 Å². The highest BCUT2D eigenvalue weighted by molar-refractivity contribution is 6.03. The molecule has 83 heavy (non-hydrogen) atoms. The highest BCUT2D eigenvalue weighted by Crippen LogP contribution is 2.29. The van der Waals surface area contributed by atoms with E-state index >= 15 is 0 Å². The molecule has 1 aromatic rings. The number of benzene rings is 1. The number of esters is 1. The molecule has 3 rings (SSSR count). The van der Waals surface area contributed by atoms with Crippen LogP contribution in [0.15, 0.2) is 30.3 Å². The van der Waals surface area contributed by atoms with Crippen molar-refractivity contribution in [1.82, 2.24) is 52.3 Å². The van der Waals surface area contributed by atoms with Gasteiger partial charge in [-0.05, 0) is 163 Å². The fourth-order valence-corrected chi connectivity index (χ4v) is 8.09. The Bertz CT molecular complexity index is 2530. The third-order valence-electron chi connectivity index (χ3n) is 13.4. The van der Waals surface area contributed by atoms with Gasteiger partial charge in [0.15, 0.2) is 0 Å². The number of amides is 10. The number of ether oxygens (including phenoxy) is 4. The number of hydrogen-bond donors (Lipinski definition) is 9. The van der Waals surface area contributed by atoms with E-state index < -0.39 is 121 Å². The van der Waals surface area contributed by atoms with Gasteiger partial charge in [-0.15, -0.1) is 0 Å². The Kier molecular flexibility index (Phi) is 23.7. The number of hydrogen-bond acceptors (Lipinski definition) is 16. The van der Waals surface area contributed by atoms with Gasteiger partial charge in [0.25, 0.3) is 0 Å². The van der Waals surface area contributed by atoms with Crippen molar-refractivity contribution in [2.75, 3.05) is 39.9 Å². The van der Waals surface area contributed by atoms with Gasteiger partial charge in [-0.2, -0.15) is 0 Å². The molecule has 0 saturated carbocycles. The molecule has 0 radical (unpaired) electrons. The highest BCUT2D eigenvalue weighted by atomic mass is 16.6. The van der Waals surface area contributed by atoms with Crippen molar-refractivity contribution in [2.24, 2.45) is 0 Å². The number of aliphatic hydroxyl groups excluding tert-OH is 1. The zero-order chi connectivity index (χ0) is 64.2. The zero-order valence-corrected chi connectivity index (χ0v) is 52.4. The van der Waals surface area contributed by atoms with Crippen molar-refractivity contribution in [2.45, 2.75) is 219 Å². The lowest BCUT2D eigenvalue weighted by Gasteiger charge is -2.45. The molecule has 0 unspecified atom stereocenters. The Morgan fingerprint density at radius 2 is 0.771 bits per heavy atom. The molecule has 0 aliphatic carbocycles. The average Bonchev–Trinajstić information content (AvgIpc) is 3.48. The van der Waals surface area contributed by atoms with Crippen LogP contribution in [0, 0.1) is 0 Å². The van der Waals surface area contributed by atoms with Crippen molar-refractivity contribution >= 4 is 65.6 Å². The summed E-state index contributed by atoms with van der Waals surface area (Å²) in [5.41, 5.74) is -14.8. The van der Waals surface area contributed by atoms with Gasteiger partial charge < -0.3 is 76.4 Å². The lowest BCUT2D eigenvalue weighted by Crippen LogP contribution is -2.73. The Hall–Kier alpha value is -7.25. The standard InChI is InChI=1S/C55H88N10O15.C2H6O/c1-46(2,3)79-44(75)64-29-25-54(26-30-64,62-39(70)51(13,14)57-37(68)52(15,16)63-43(74)78-33-34-23-21-20-22-24-34)40(71)59-48(7,8)35(66)56-50(11,12)38(69)61-55(27-31-65(32-28-55)45(76)80-47(4,5)6)41(72)60-49(9,10)36(67)58-53(17,18)42(73)77-19;1-2-3/h20-24H,25-33H2,1-19H3,(H,56,66)(H,57,68)(H,58,67)(H,59,71)(H,60,72)(H,61,69)(H,62,70)(H,63,74);3H,2H2,1H3. The molecule has 0 spiro atoms. The van der Waals surface area contributed by atoms with Crippen molar-refractivity contribution in [3.05, 3.63) is 35.9 Å². The maximum absolute atomic E-state index is 14.8. The van der Waals surface area contributed by atoms with Crippen LogP contribution in [0.25, 0.3) is 0 Å². The minimum atomic E-state index is -1.84. The molecule has 2 aliphatic rings. The van der Waals surface area contributed by atoms with Gasteiger partial charge in [-0.3, -0.25) is 33.6 Å². The van der Waals surface area contributed by atoms with E-state index in [4.69, 9.17) is 24.1 Å². The van der Waals surface area contributed by atoms with E-state index in [1.807, 2.05) is 6.07 Å². The van der Waals surface area contributed by atoms with Crippen LogP contribution in [0.1, 0.15) is 163 Å². The topological polar surface area (TPSA) is 348 Å². The molecular weight excluding hydrogens is 1080 g/mol. The molecule has 2 fully saturated rings. The molecule has 0 atom stereocenters. The summed E-state index contributed by atoms with van der Waals surface area (Å²) in [4.78, 5) is 154. The van der Waals surface area contributed by atoms with Crippen molar-refractivity contribution in [3.63, 3.8) is 0 Å². The predicted octanol–water partition coefficient (Wildman–Crippen LogP) is 3.11. The number of carbonyl (C=O) groups is 11. The van der Waals surface area contributed by atoms with Crippen LogP contribution in [-0.2, 0) is 63.9 Å². The van der Waals surface area contributed by atoms with Crippen LogP contribution in [0.2, 0.25) is 0 Å². The summed E-state index contributed by atoms with van der Waals surface area (Å²) in [5, 5.41) is 29.0. The summed E-state index contributed by atoms with van der Waals surface area (Å²) >= 11 is 0. The Morgan fingerprint density at radius 1 is 0.470 bits per heavy atom. The van der Waals surface area contributed by atoms with Crippen LogP contribution in [0.3, 0.4) is 0 Å². The van der Waals surface area contributed by atoms with E-state index in [1.165, 1.54) is 92.9 Å². The quantitative estimate of drug-likeness (QED) is 0.0753. The molecular formula is C57H94N10O16. The Morgan fingerprint density at radius 3 is 1.08 bits per heavy atom. The molecule has 2 heterocycles. The lowest BCUT2D eigenvalue weighted by molar-refractivity contribution is -0.150. The number of carbonyl (C=O) groups excluding carboxylic acids is 11. The summed E-state index contributed by atoms with van der Waals surface area (Å²) in [6, 6.07) is 8.88. The number of nitrogens with one attached hydrogen (secondary N) is 8. The first-order valence-corrected chi connectivity index (χ1v) is 27.6. The van der Waals surface area contributed by atoms with E-state index in [2.05, 4.69) is 42.5 Å². The van der Waals surface area contributed by atoms with Gasteiger partial charge >= 0.3 is 24.2 Å². The summed E-state index contributed by atoms with van der Waals surface area (Å²) in [6.45, 7) is 28.4. The first-order valence-electron chi connectivity index (χ1n) is 27.6. The van der Waals surface area contributed by atoms with Crippen LogP contribution < -0.4 is 42.5 Å². The summed E-state index contributed by atoms with van der Waals surface area (Å²) in [7, 11) is 1.16. The number of rotatable bonds is 18. The minimum Gasteiger partial charge on any atom is -0.467 e. The molecule has 0 bridgehead atoms. The molecule has 2 saturated heterocycles. The fourth-order valence-electron chi connectivity index (χ4n) is 8.09. The van der Waals surface area contributed by atoms with Crippen molar-refractivity contribution in [3.8, 4) is 0 Å². The second-order valence-corrected chi connectivity index (χ2v) is 26.0. The van der Waals surface area contributed by atoms with E-state index in [9.17, 15) is 52.7 Å². The summed E-state index contributed by atoms with van der Waals surface area (Å²) in [6.07, 6.45) is -2.91. The number of likely N-dealkylation sites (tertiary alicyclic amines) is 2. The molecule has 0 aromatic heterocycles. The third-order valence-corrected chi connectivity index (χ3v) is 13.4.